The van der Waals surface area contributed by atoms with Crippen LogP contribution < -0.4 is 11.0 Å². The van der Waals surface area contributed by atoms with E-state index in [4.69, 9.17) is 0 Å². The molecule has 2 heterocycles. The number of hydrogen-bond acceptors (Lipinski definition) is 7. The quantitative estimate of drug-likeness (QED) is 0.316. The van der Waals surface area contributed by atoms with Crippen LogP contribution in [0, 0.1) is 17.2 Å². The number of nitrogens with zero attached hydrogens (tertiary/aromatic N) is 5. The Balaban J connectivity index is 1.44. The standard InChI is InChI=1S/C36H44N8O2/c1-21(38-20-22(2)44-29(19-37)16-28-17-32(28)44)18-36(34-39-35(46)41-40-34)30-12-10-24(23(3)42(4)5)14-25(30)8-9-26-15-27(11-13-31(26)36)33(45)43(6)7/h10-15,21,28-29,32,38H,2-3,8-9,16-18,20H2,1,4-7H3,(H2,39,40,41,46)/t21-,28-,29?,32+,36?/m1/s1. The third-order valence-corrected chi connectivity index (χ3v) is 10.1. The zero-order chi connectivity index (χ0) is 32.9. The molecule has 2 aromatic carbocycles. The molecular formula is C36H44N8O2. The summed E-state index contributed by atoms with van der Waals surface area (Å²) in [6, 6.07) is 15.1. The van der Waals surface area contributed by atoms with Crippen molar-refractivity contribution in [3.05, 3.63) is 105 Å². The Kier molecular flexibility index (Phi) is 8.15. The van der Waals surface area contributed by atoms with Crippen molar-refractivity contribution in [2.45, 2.75) is 62.6 Å². The van der Waals surface area contributed by atoms with Gasteiger partial charge in [-0.3, -0.25) is 9.78 Å². The number of aromatic amines is 2. The van der Waals surface area contributed by atoms with Crippen molar-refractivity contribution >= 4 is 11.6 Å². The molecule has 240 valence electrons. The van der Waals surface area contributed by atoms with Crippen LogP contribution in [0.1, 0.15) is 70.2 Å². The average Bonchev–Trinajstić information content (AvgIpc) is 3.53. The lowest BCUT2D eigenvalue weighted by molar-refractivity contribution is 0.0827. The molecule has 3 N–H and O–H groups in total. The van der Waals surface area contributed by atoms with Gasteiger partial charge in [-0.1, -0.05) is 31.4 Å². The number of rotatable bonds is 10. The predicted molar refractivity (Wildman–Crippen MR) is 179 cm³/mol. The summed E-state index contributed by atoms with van der Waals surface area (Å²) in [5.74, 6) is 1.08. The topological polar surface area (TPSA) is 124 Å². The molecule has 1 saturated carbocycles. The smallest absolute Gasteiger partial charge is 0.340 e. The first-order chi connectivity index (χ1) is 21.9. The number of carbonyl (C=O) groups is 1. The highest BCUT2D eigenvalue weighted by molar-refractivity contribution is 5.94. The number of fused-ring (bicyclic) bond motifs is 3. The number of H-pyrrole nitrogens is 2. The fourth-order valence-corrected chi connectivity index (χ4v) is 7.66. The van der Waals surface area contributed by atoms with Gasteiger partial charge < -0.3 is 20.0 Å². The van der Waals surface area contributed by atoms with Crippen molar-refractivity contribution in [2.75, 3.05) is 34.7 Å². The Labute approximate surface area is 270 Å². The number of nitriles is 1. The SMILES string of the molecule is C=C(c1ccc2c(c1)CCc1cc(C(=O)N(C)C)ccc1C2(C[C@@H](C)NCC(=C)N1C(C#N)C[C@@H]2C[C@@H]21)c1n[nH]c(=O)[nH]1)N(C)C. The molecule has 10 heteroatoms. The van der Waals surface area contributed by atoms with Crippen LogP contribution in [0.4, 0.5) is 0 Å². The van der Waals surface area contributed by atoms with Gasteiger partial charge >= 0.3 is 5.69 Å². The normalized spacial score (nSPS) is 23.3. The maximum Gasteiger partial charge on any atom is 0.340 e. The van der Waals surface area contributed by atoms with E-state index in [1.165, 1.54) is 0 Å². The molecule has 1 aromatic heterocycles. The van der Waals surface area contributed by atoms with E-state index in [-0.39, 0.29) is 23.7 Å². The Morgan fingerprint density at radius 2 is 1.74 bits per heavy atom. The van der Waals surface area contributed by atoms with E-state index in [1.807, 2.05) is 37.2 Å². The van der Waals surface area contributed by atoms with Crippen LogP contribution in [-0.2, 0) is 18.3 Å². The number of aromatic nitrogens is 3. The van der Waals surface area contributed by atoms with Gasteiger partial charge in [0, 0.05) is 63.8 Å². The number of nitrogens with one attached hydrogen (secondary N) is 3. The van der Waals surface area contributed by atoms with E-state index in [9.17, 15) is 14.9 Å². The number of aryl methyl sites for hydroxylation is 2. The highest BCUT2D eigenvalue weighted by atomic mass is 16.2. The molecule has 2 unspecified atom stereocenters. The lowest BCUT2D eigenvalue weighted by Crippen LogP contribution is -2.42. The first-order valence-corrected chi connectivity index (χ1v) is 16.0. The number of carbonyl (C=O) groups excluding carboxylic acids is 1. The Morgan fingerprint density at radius 3 is 2.33 bits per heavy atom. The van der Waals surface area contributed by atoms with E-state index >= 15 is 0 Å². The summed E-state index contributed by atoms with van der Waals surface area (Å²) in [6.07, 6.45) is 4.09. The molecule has 10 nitrogen and oxygen atoms in total. The Hall–Kier alpha value is -4.62. The fraction of sp³-hybridized carbons (Fsp3) is 0.444. The van der Waals surface area contributed by atoms with Gasteiger partial charge in [-0.15, -0.1) is 0 Å². The molecule has 6 rings (SSSR count). The zero-order valence-electron chi connectivity index (χ0n) is 27.5. The summed E-state index contributed by atoms with van der Waals surface area (Å²) in [5, 5.41) is 20.7. The minimum Gasteiger partial charge on any atom is -0.378 e. The van der Waals surface area contributed by atoms with Gasteiger partial charge in [-0.25, -0.2) is 9.89 Å². The molecule has 3 aromatic rings. The van der Waals surface area contributed by atoms with Crippen molar-refractivity contribution in [2.24, 2.45) is 5.92 Å². The van der Waals surface area contributed by atoms with Crippen LogP contribution in [0.5, 0.6) is 0 Å². The van der Waals surface area contributed by atoms with Crippen molar-refractivity contribution in [3.8, 4) is 6.07 Å². The third kappa shape index (κ3) is 5.43. The minimum absolute atomic E-state index is 0.0478. The molecule has 2 aliphatic carbocycles. The van der Waals surface area contributed by atoms with Crippen LogP contribution >= 0.6 is 0 Å². The first-order valence-electron chi connectivity index (χ1n) is 16.0. The van der Waals surface area contributed by atoms with E-state index in [0.717, 1.165) is 64.9 Å². The summed E-state index contributed by atoms with van der Waals surface area (Å²) in [5.41, 5.74) is 6.56. The highest BCUT2D eigenvalue weighted by Crippen LogP contribution is 2.49. The monoisotopic (exact) mass is 620 g/mol. The summed E-state index contributed by atoms with van der Waals surface area (Å²) >= 11 is 0. The number of piperidine rings is 1. The van der Waals surface area contributed by atoms with Crippen molar-refractivity contribution < 1.29 is 4.79 Å². The number of amides is 1. The van der Waals surface area contributed by atoms with Crippen LogP contribution in [0.3, 0.4) is 0 Å². The van der Waals surface area contributed by atoms with Crippen LogP contribution in [-0.4, -0.2) is 88.6 Å². The van der Waals surface area contributed by atoms with Gasteiger partial charge in [-0.05, 0) is 91.0 Å². The van der Waals surface area contributed by atoms with Gasteiger partial charge in [0.2, 0.25) is 0 Å². The molecule has 2 fully saturated rings. The Bertz CT molecular complexity index is 1720. The molecule has 0 spiro atoms. The van der Waals surface area contributed by atoms with Crippen molar-refractivity contribution in [1.82, 2.24) is 35.2 Å². The summed E-state index contributed by atoms with van der Waals surface area (Å²) in [6.45, 7) is 11.4. The van der Waals surface area contributed by atoms with Crippen molar-refractivity contribution in [1.29, 1.82) is 5.26 Å². The van der Waals surface area contributed by atoms with E-state index < -0.39 is 5.41 Å². The predicted octanol–water partition coefficient (Wildman–Crippen LogP) is 3.63. The van der Waals surface area contributed by atoms with E-state index in [0.29, 0.717) is 36.3 Å². The van der Waals surface area contributed by atoms with E-state index in [1.54, 1.807) is 19.0 Å². The molecule has 5 atom stereocenters. The van der Waals surface area contributed by atoms with E-state index in [2.05, 4.69) is 69.7 Å². The number of hydrogen-bond donors (Lipinski definition) is 3. The second-order valence-electron chi connectivity index (χ2n) is 13.6. The maximum absolute atomic E-state index is 13.1. The lowest BCUT2D eigenvalue weighted by Gasteiger charge is -2.37. The van der Waals surface area contributed by atoms with Crippen molar-refractivity contribution in [3.63, 3.8) is 0 Å². The molecule has 1 saturated heterocycles. The fourth-order valence-electron chi connectivity index (χ4n) is 7.66. The van der Waals surface area contributed by atoms with Gasteiger partial charge in [-0.2, -0.15) is 10.4 Å². The zero-order valence-corrected chi connectivity index (χ0v) is 27.5. The highest BCUT2D eigenvalue weighted by Gasteiger charge is 2.52. The molecule has 1 aliphatic heterocycles. The Morgan fingerprint density at radius 1 is 1.09 bits per heavy atom. The molecule has 3 aliphatic rings. The molecule has 0 bridgehead atoms. The van der Waals surface area contributed by atoms with Gasteiger partial charge in [0.25, 0.3) is 5.91 Å². The first kappa shape index (κ1) is 31.4. The number of likely N-dealkylation sites (tertiary alicyclic amines) is 1. The van der Waals surface area contributed by atoms with Crippen LogP contribution in [0.15, 0.2) is 60.0 Å². The maximum atomic E-state index is 13.1. The van der Waals surface area contributed by atoms with Crippen LogP contribution in [0.25, 0.3) is 5.70 Å². The summed E-state index contributed by atoms with van der Waals surface area (Å²) in [7, 11) is 7.48. The van der Waals surface area contributed by atoms with Gasteiger partial charge in [0.05, 0.1) is 11.5 Å². The largest absolute Gasteiger partial charge is 0.378 e. The average molecular weight is 621 g/mol. The molecule has 1 amide bonds. The van der Waals surface area contributed by atoms with Gasteiger partial charge in [0.1, 0.15) is 11.9 Å². The summed E-state index contributed by atoms with van der Waals surface area (Å²) in [4.78, 5) is 34.6. The van der Waals surface area contributed by atoms with Crippen LogP contribution in [0.2, 0.25) is 0 Å². The minimum atomic E-state index is -0.837. The summed E-state index contributed by atoms with van der Waals surface area (Å²) < 4.78 is 0. The number of benzene rings is 2. The van der Waals surface area contributed by atoms with Gasteiger partial charge in [0.15, 0.2) is 0 Å². The third-order valence-electron chi connectivity index (χ3n) is 10.1. The second kappa shape index (κ2) is 12.0. The lowest BCUT2D eigenvalue weighted by atomic mass is 9.67. The molecule has 0 radical (unpaired) electrons. The molecular weight excluding hydrogens is 576 g/mol. The second-order valence-corrected chi connectivity index (χ2v) is 13.6. The molecule has 46 heavy (non-hydrogen) atoms.